The minimum absolute atomic E-state index is 0.0754. The molecule has 1 aliphatic rings. The third-order valence-corrected chi connectivity index (χ3v) is 4.18. The van der Waals surface area contributed by atoms with E-state index in [4.69, 9.17) is 14.8 Å². The van der Waals surface area contributed by atoms with E-state index in [2.05, 4.69) is 38.4 Å². The molecule has 1 atom stereocenters. The predicted octanol–water partition coefficient (Wildman–Crippen LogP) is 3.49. The maximum absolute atomic E-state index is 5.82. The highest BCUT2D eigenvalue weighted by Crippen LogP contribution is 2.34. The van der Waals surface area contributed by atoms with Gasteiger partial charge in [-0.25, -0.2) is 9.67 Å². The standard InChI is InChI=1S/C16H23N3O/c1-10-8-11(2)17-15-14(10)12(3)18-19(15)13-6-7-20-16(4,5)9-13/h8,13H,6-7,9H2,1-5H3. The molecule has 3 rings (SSSR count). The van der Waals surface area contributed by atoms with Crippen LogP contribution >= 0.6 is 0 Å². The van der Waals surface area contributed by atoms with Crippen molar-refractivity contribution in [2.75, 3.05) is 6.61 Å². The fourth-order valence-electron chi connectivity index (χ4n) is 3.35. The number of ether oxygens (including phenoxy) is 1. The van der Waals surface area contributed by atoms with Gasteiger partial charge in [0.25, 0.3) is 0 Å². The second-order valence-corrected chi connectivity index (χ2v) is 6.56. The van der Waals surface area contributed by atoms with E-state index in [9.17, 15) is 0 Å². The van der Waals surface area contributed by atoms with E-state index >= 15 is 0 Å². The van der Waals surface area contributed by atoms with Gasteiger partial charge in [-0.1, -0.05) is 0 Å². The first-order valence-corrected chi connectivity index (χ1v) is 7.34. The zero-order valence-corrected chi connectivity index (χ0v) is 13.0. The number of rotatable bonds is 1. The number of fused-ring (bicyclic) bond motifs is 1. The molecule has 0 bridgehead atoms. The number of hydrogen-bond acceptors (Lipinski definition) is 3. The minimum atomic E-state index is -0.0754. The van der Waals surface area contributed by atoms with Gasteiger partial charge in [0.1, 0.15) is 0 Å². The van der Waals surface area contributed by atoms with Crippen molar-refractivity contribution in [2.45, 2.75) is 59.1 Å². The van der Waals surface area contributed by atoms with E-state index < -0.39 is 0 Å². The van der Waals surface area contributed by atoms with Crippen LogP contribution < -0.4 is 0 Å². The Hall–Kier alpha value is -1.42. The van der Waals surface area contributed by atoms with Gasteiger partial charge in [-0.05, 0) is 59.1 Å². The van der Waals surface area contributed by atoms with Crippen LogP contribution in [0.5, 0.6) is 0 Å². The van der Waals surface area contributed by atoms with E-state index in [0.717, 1.165) is 36.5 Å². The average Bonchev–Trinajstić information content (AvgIpc) is 2.65. The molecule has 2 aromatic heterocycles. The summed E-state index contributed by atoms with van der Waals surface area (Å²) in [6, 6.07) is 2.51. The van der Waals surface area contributed by atoms with Crippen molar-refractivity contribution in [2.24, 2.45) is 0 Å². The summed E-state index contributed by atoms with van der Waals surface area (Å²) >= 11 is 0. The molecule has 4 nitrogen and oxygen atoms in total. The molecule has 1 saturated heterocycles. The van der Waals surface area contributed by atoms with E-state index in [1.807, 2.05) is 6.92 Å². The highest BCUT2D eigenvalue weighted by atomic mass is 16.5. The monoisotopic (exact) mass is 273 g/mol. The zero-order chi connectivity index (χ0) is 14.5. The summed E-state index contributed by atoms with van der Waals surface area (Å²) < 4.78 is 7.96. The van der Waals surface area contributed by atoms with Crippen LogP contribution in [0.25, 0.3) is 11.0 Å². The molecule has 4 heteroatoms. The lowest BCUT2D eigenvalue weighted by Gasteiger charge is -2.35. The van der Waals surface area contributed by atoms with Gasteiger partial charge >= 0.3 is 0 Å². The van der Waals surface area contributed by atoms with Crippen molar-refractivity contribution in [1.82, 2.24) is 14.8 Å². The number of pyridine rings is 1. The van der Waals surface area contributed by atoms with Crippen LogP contribution in [-0.4, -0.2) is 27.0 Å². The molecule has 0 radical (unpaired) electrons. The van der Waals surface area contributed by atoms with Crippen molar-refractivity contribution in [3.63, 3.8) is 0 Å². The Labute approximate surface area is 120 Å². The molecule has 1 fully saturated rings. The van der Waals surface area contributed by atoms with E-state index in [1.54, 1.807) is 0 Å². The number of aryl methyl sites for hydroxylation is 3. The van der Waals surface area contributed by atoms with E-state index in [-0.39, 0.29) is 5.60 Å². The van der Waals surface area contributed by atoms with Crippen LogP contribution in [0.4, 0.5) is 0 Å². The van der Waals surface area contributed by atoms with E-state index in [1.165, 1.54) is 10.9 Å². The molecule has 108 valence electrons. The van der Waals surface area contributed by atoms with Gasteiger partial charge in [0, 0.05) is 17.7 Å². The highest BCUT2D eigenvalue weighted by Gasteiger charge is 2.31. The first kappa shape index (κ1) is 13.6. The first-order valence-electron chi connectivity index (χ1n) is 7.34. The summed E-state index contributed by atoms with van der Waals surface area (Å²) in [6.45, 7) is 11.4. The van der Waals surface area contributed by atoms with Crippen molar-refractivity contribution in [1.29, 1.82) is 0 Å². The second-order valence-electron chi connectivity index (χ2n) is 6.56. The molecule has 0 saturated carbocycles. The highest BCUT2D eigenvalue weighted by molar-refractivity contribution is 5.82. The summed E-state index contributed by atoms with van der Waals surface area (Å²) in [7, 11) is 0. The molecule has 1 aliphatic heterocycles. The molecule has 1 unspecified atom stereocenters. The van der Waals surface area contributed by atoms with E-state index in [0.29, 0.717) is 6.04 Å². The largest absolute Gasteiger partial charge is 0.375 e. The molecule has 0 aliphatic carbocycles. The van der Waals surface area contributed by atoms with Gasteiger partial charge in [-0.3, -0.25) is 0 Å². The Balaban J connectivity index is 2.12. The third-order valence-electron chi connectivity index (χ3n) is 4.18. The summed E-state index contributed by atoms with van der Waals surface area (Å²) in [5.41, 5.74) is 4.36. The maximum Gasteiger partial charge on any atom is 0.158 e. The van der Waals surface area contributed by atoms with Gasteiger partial charge in [0.15, 0.2) is 5.65 Å². The molecule has 0 amide bonds. The summed E-state index contributed by atoms with van der Waals surface area (Å²) in [4.78, 5) is 4.74. The van der Waals surface area contributed by atoms with Crippen LogP contribution in [0.2, 0.25) is 0 Å². The second kappa shape index (κ2) is 4.55. The third kappa shape index (κ3) is 2.22. The van der Waals surface area contributed by atoms with Crippen molar-refractivity contribution >= 4 is 11.0 Å². The maximum atomic E-state index is 5.82. The average molecular weight is 273 g/mol. The zero-order valence-electron chi connectivity index (χ0n) is 13.0. The van der Waals surface area contributed by atoms with Crippen LogP contribution in [0.15, 0.2) is 6.07 Å². The Morgan fingerprint density at radius 3 is 2.75 bits per heavy atom. The normalized spacial score (nSPS) is 22.4. The number of hydrogen-bond donors (Lipinski definition) is 0. The Bertz CT molecular complexity index is 657. The molecular weight excluding hydrogens is 250 g/mol. The molecule has 2 aromatic rings. The number of nitrogens with zero attached hydrogens (tertiary/aromatic N) is 3. The summed E-state index contributed by atoms with van der Waals surface area (Å²) in [6.07, 6.45) is 1.99. The van der Waals surface area contributed by atoms with Crippen LogP contribution in [0.3, 0.4) is 0 Å². The lowest BCUT2D eigenvalue weighted by molar-refractivity contribution is -0.0702. The summed E-state index contributed by atoms with van der Waals surface area (Å²) in [5, 5.41) is 5.99. The minimum Gasteiger partial charge on any atom is -0.375 e. The Morgan fingerprint density at radius 1 is 1.30 bits per heavy atom. The molecule has 0 aromatic carbocycles. The lowest BCUT2D eigenvalue weighted by Crippen LogP contribution is -2.35. The van der Waals surface area contributed by atoms with Crippen molar-refractivity contribution in [3.8, 4) is 0 Å². The first-order chi connectivity index (χ1) is 9.37. The van der Waals surface area contributed by atoms with Gasteiger partial charge in [-0.15, -0.1) is 0 Å². The van der Waals surface area contributed by atoms with Gasteiger partial charge < -0.3 is 4.74 Å². The van der Waals surface area contributed by atoms with Crippen LogP contribution in [-0.2, 0) is 4.74 Å². The Morgan fingerprint density at radius 2 is 2.05 bits per heavy atom. The quantitative estimate of drug-likeness (QED) is 0.798. The van der Waals surface area contributed by atoms with Gasteiger partial charge in [0.2, 0.25) is 0 Å². The SMILES string of the molecule is Cc1cc(C)c2c(C)nn(C3CCOC(C)(C)C3)c2n1. The fraction of sp³-hybridized carbons (Fsp3) is 0.625. The van der Waals surface area contributed by atoms with Crippen molar-refractivity contribution in [3.05, 3.63) is 23.0 Å². The Kier molecular flexibility index (Phi) is 3.09. The predicted molar refractivity (Wildman–Crippen MR) is 80.0 cm³/mol. The van der Waals surface area contributed by atoms with Crippen molar-refractivity contribution < 1.29 is 4.74 Å². The van der Waals surface area contributed by atoms with Gasteiger partial charge in [0.05, 0.1) is 17.3 Å². The molecule has 20 heavy (non-hydrogen) atoms. The lowest BCUT2D eigenvalue weighted by atomic mass is 9.94. The summed E-state index contributed by atoms with van der Waals surface area (Å²) in [5.74, 6) is 0. The molecule has 0 N–H and O–H groups in total. The smallest absolute Gasteiger partial charge is 0.158 e. The van der Waals surface area contributed by atoms with Gasteiger partial charge in [-0.2, -0.15) is 5.10 Å². The topological polar surface area (TPSA) is 39.9 Å². The van der Waals surface area contributed by atoms with Crippen LogP contribution in [0.1, 0.15) is 49.7 Å². The fourth-order valence-corrected chi connectivity index (χ4v) is 3.35. The molecule has 0 spiro atoms. The van der Waals surface area contributed by atoms with Crippen LogP contribution in [0, 0.1) is 20.8 Å². The molecule has 3 heterocycles. The number of aromatic nitrogens is 3. The molecular formula is C16H23N3O.